The Bertz CT molecular complexity index is 1610. The molecule has 0 saturated carbocycles. The summed E-state index contributed by atoms with van der Waals surface area (Å²) in [6.45, 7) is 3.83. The predicted octanol–water partition coefficient (Wildman–Crippen LogP) is 4.50. The summed E-state index contributed by atoms with van der Waals surface area (Å²) in [5.74, 6) is 0.0503. The maximum atomic E-state index is 13.7. The number of rotatable bonds is 9. The zero-order valence-electron chi connectivity index (χ0n) is 21.6. The molecule has 0 aliphatic carbocycles. The van der Waals surface area contributed by atoms with E-state index in [-0.39, 0.29) is 16.4 Å². The molecule has 1 N–H and O–H groups in total. The maximum Gasteiger partial charge on any atom is 0.296 e. The lowest BCUT2D eigenvalue weighted by atomic mass is 10.1. The quantitative estimate of drug-likeness (QED) is 0.333. The Kier molecular flexibility index (Phi) is 7.82. The Morgan fingerprint density at radius 2 is 1.63 bits per heavy atom. The van der Waals surface area contributed by atoms with Gasteiger partial charge in [0.1, 0.15) is 23.0 Å². The molecule has 4 aromatic rings. The van der Waals surface area contributed by atoms with Crippen LogP contribution in [-0.4, -0.2) is 42.3 Å². The van der Waals surface area contributed by atoms with Gasteiger partial charge in [0, 0.05) is 23.9 Å². The van der Waals surface area contributed by atoms with Gasteiger partial charge in [-0.05, 0) is 49.2 Å². The minimum atomic E-state index is -4.46. The van der Waals surface area contributed by atoms with Crippen molar-refractivity contribution in [3.8, 4) is 34.2 Å². The predicted molar refractivity (Wildman–Crippen MR) is 143 cm³/mol. The second-order valence-electron chi connectivity index (χ2n) is 8.60. The zero-order valence-corrected chi connectivity index (χ0v) is 22.4. The number of hydrogen-bond donors (Lipinski definition) is 1. The largest absolute Gasteiger partial charge is 0.494 e. The Balaban J connectivity index is 1.93. The standard InChI is InChI=1S/C28H29N3O6S/c1-5-6-12-24-30-27(32)26(28(33)31(24)25-22(36-3)10-7-11-23(25)37-4)38(34,35)20-15-13-19(14-16-20)21-9-8-17-29-18(21)2/h7-11,13-17,33H,5-6,12H2,1-4H3. The number of aryl methyl sites for hydroxylation is 2. The molecule has 2 aromatic heterocycles. The molecular formula is C28H29N3O6S. The van der Waals surface area contributed by atoms with Gasteiger partial charge in [0.15, 0.2) is 4.90 Å². The van der Waals surface area contributed by atoms with Crippen molar-refractivity contribution in [2.45, 2.75) is 42.9 Å². The summed E-state index contributed by atoms with van der Waals surface area (Å²) in [6.07, 6.45) is 3.45. The summed E-state index contributed by atoms with van der Waals surface area (Å²) in [4.78, 5) is 20.5. The molecule has 9 nitrogen and oxygen atoms in total. The van der Waals surface area contributed by atoms with Gasteiger partial charge in [0.2, 0.25) is 15.7 Å². The number of sulfone groups is 1. The van der Waals surface area contributed by atoms with E-state index in [2.05, 4.69) is 9.97 Å². The summed E-state index contributed by atoms with van der Waals surface area (Å²) in [5.41, 5.74) is 1.62. The van der Waals surface area contributed by atoms with Gasteiger partial charge in [-0.3, -0.25) is 14.3 Å². The van der Waals surface area contributed by atoms with Gasteiger partial charge >= 0.3 is 0 Å². The lowest BCUT2D eigenvalue weighted by Crippen LogP contribution is -2.25. The van der Waals surface area contributed by atoms with Gasteiger partial charge < -0.3 is 14.6 Å². The summed E-state index contributed by atoms with van der Waals surface area (Å²) in [7, 11) is -1.57. The molecule has 0 saturated heterocycles. The smallest absolute Gasteiger partial charge is 0.296 e. The maximum absolute atomic E-state index is 13.7. The number of para-hydroxylation sites is 1. The lowest BCUT2D eigenvalue weighted by molar-refractivity contribution is 0.374. The average molecular weight is 536 g/mol. The Hall–Kier alpha value is -4.18. The fourth-order valence-electron chi connectivity index (χ4n) is 4.28. The molecular weight excluding hydrogens is 506 g/mol. The third-order valence-electron chi connectivity index (χ3n) is 6.23. The van der Waals surface area contributed by atoms with Crippen molar-refractivity contribution in [2.24, 2.45) is 0 Å². The zero-order chi connectivity index (χ0) is 27.4. The van der Waals surface area contributed by atoms with Gasteiger partial charge in [-0.15, -0.1) is 0 Å². The van der Waals surface area contributed by atoms with Crippen LogP contribution in [0.1, 0.15) is 31.3 Å². The summed E-state index contributed by atoms with van der Waals surface area (Å²) in [5, 5.41) is 11.4. The van der Waals surface area contributed by atoms with Crippen LogP contribution in [0.15, 0.2) is 75.4 Å². The van der Waals surface area contributed by atoms with Crippen molar-refractivity contribution in [2.75, 3.05) is 14.2 Å². The van der Waals surface area contributed by atoms with Gasteiger partial charge in [0.05, 0.1) is 19.1 Å². The molecule has 38 heavy (non-hydrogen) atoms. The van der Waals surface area contributed by atoms with Crippen LogP contribution in [-0.2, 0) is 16.3 Å². The first-order valence-electron chi connectivity index (χ1n) is 12.1. The van der Waals surface area contributed by atoms with Crippen molar-refractivity contribution < 1.29 is 23.0 Å². The second kappa shape index (κ2) is 11.1. The molecule has 198 valence electrons. The summed E-state index contributed by atoms with van der Waals surface area (Å²) < 4.78 is 39.6. The number of pyridine rings is 1. The van der Waals surface area contributed by atoms with Crippen molar-refractivity contribution in [1.82, 2.24) is 14.5 Å². The van der Waals surface area contributed by atoms with Gasteiger partial charge in [-0.25, -0.2) is 8.42 Å². The fourth-order valence-corrected chi connectivity index (χ4v) is 5.62. The van der Waals surface area contributed by atoms with Crippen molar-refractivity contribution in [3.63, 3.8) is 0 Å². The molecule has 0 atom stereocenters. The highest BCUT2D eigenvalue weighted by Crippen LogP contribution is 2.38. The van der Waals surface area contributed by atoms with E-state index in [4.69, 9.17) is 9.47 Å². The van der Waals surface area contributed by atoms with Gasteiger partial charge in [0.25, 0.3) is 5.56 Å². The minimum absolute atomic E-state index is 0.156. The number of benzene rings is 2. The molecule has 0 spiro atoms. The number of ether oxygens (including phenoxy) is 2. The third-order valence-corrected chi connectivity index (χ3v) is 8.02. The molecule has 0 bridgehead atoms. The van der Waals surface area contributed by atoms with Crippen LogP contribution in [0.4, 0.5) is 0 Å². The number of unbranched alkanes of at least 4 members (excludes halogenated alkanes) is 1. The third kappa shape index (κ3) is 4.87. The molecule has 0 fully saturated rings. The molecule has 2 aromatic carbocycles. The number of hydrogen-bond acceptors (Lipinski definition) is 8. The normalized spacial score (nSPS) is 11.4. The average Bonchev–Trinajstić information content (AvgIpc) is 2.91. The first-order chi connectivity index (χ1) is 18.2. The Morgan fingerprint density at radius 3 is 2.21 bits per heavy atom. The van der Waals surface area contributed by atoms with Crippen molar-refractivity contribution in [1.29, 1.82) is 0 Å². The Morgan fingerprint density at radius 1 is 0.974 bits per heavy atom. The van der Waals surface area contributed by atoms with Crippen LogP contribution in [0.25, 0.3) is 16.8 Å². The fraction of sp³-hybridized carbons (Fsp3) is 0.250. The highest BCUT2D eigenvalue weighted by atomic mass is 32.2. The number of aromatic hydroxyl groups is 1. The molecule has 0 aliphatic heterocycles. The van der Waals surface area contributed by atoms with E-state index in [1.54, 1.807) is 42.6 Å². The lowest BCUT2D eigenvalue weighted by Gasteiger charge is -2.21. The highest BCUT2D eigenvalue weighted by Gasteiger charge is 2.31. The summed E-state index contributed by atoms with van der Waals surface area (Å²) in [6, 6.07) is 14.7. The summed E-state index contributed by atoms with van der Waals surface area (Å²) >= 11 is 0. The first-order valence-corrected chi connectivity index (χ1v) is 13.6. The van der Waals surface area contributed by atoms with Crippen LogP contribution in [0, 0.1) is 6.92 Å². The van der Waals surface area contributed by atoms with E-state index < -0.39 is 26.2 Å². The van der Waals surface area contributed by atoms with E-state index >= 15 is 0 Å². The van der Waals surface area contributed by atoms with Gasteiger partial charge in [-0.1, -0.05) is 37.6 Å². The number of nitrogens with zero attached hydrogens (tertiary/aromatic N) is 3. The SMILES string of the molecule is CCCCc1nc(=O)c(S(=O)(=O)c2ccc(-c3cccnc3C)cc2)c(O)n1-c1c(OC)cccc1OC. The number of methoxy groups -OCH3 is 2. The van der Waals surface area contributed by atoms with Crippen LogP contribution >= 0.6 is 0 Å². The highest BCUT2D eigenvalue weighted by molar-refractivity contribution is 7.91. The Labute approximate surface area is 221 Å². The molecule has 4 rings (SSSR count). The molecule has 2 heterocycles. The van der Waals surface area contributed by atoms with Crippen LogP contribution in [0.3, 0.4) is 0 Å². The molecule has 0 unspecified atom stereocenters. The van der Waals surface area contributed by atoms with E-state index in [0.29, 0.717) is 24.3 Å². The van der Waals surface area contributed by atoms with Crippen molar-refractivity contribution in [3.05, 3.63) is 82.7 Å². The van der Waals surface area contributed by atoms with Crippen LogP contribution in [0.2, 0.25) is 0 Å². The minimum Gasteiger partial charge on any atom is -0.494 e. The van der Waals surface area contributed by atoms with Gasteiger partial charge in [-0.2, -0.15) is 4.98 Å². The van der Waals surface area contributed by atoms with Crippen LogP contribution < -0.4 is 15.0 Å². The van der Waals surface area contributed by atoms with E-state index in [1.165, 1.54) is 30.9 Å². The van der Waals surface area contributed by atoms with Crippen LogP contribution in [0.5, 0.6) is 17.4 Å². The van der Waals surface area contributed by atoms with Crippen molar-refractivity contribution >= 4 is 9.84 Å². The van der Waals surface area contributed by atoms with E-state index in [9.17, 15) is 18.3 Å². The van der Waals surface area contributed by atoms with E-state index in [0.717, 1.165) is 23.2 Å². The monoisotopic (exact) mass is 535 g/mol. The molecule has 10 heteroatoms. The topological polar surface area (TPSA) is 121 Å². The molecule has 0 radical (unpaired) electrons. The first kappa shape index (κ1) is 26.9. The number of aromatic nitrogens is 3. The molecule has 0 amide bonds. The molecule has 0 aliphatic rings. The van der Waals surface area contributed by atoms with E-state index in [1.807, 2.05) is 19.9 Å². The second-order valence-corrected chi connectivity index (χ2v) is 10.5.